The second kappa shape index (κ2) is 7.93. The van der Waals surface area contributed by atoms with Gasteiger partial charge in [0.1, 0.15) is 0 Å². The number of hydrogen-bond acceptors (Lipinski definition) is 4. The van der Waals surface area contributed by atoms with Gasteiger partial charge < -0.3 is 15.0 Å². The molecule has 5 heteroatoms. The largest absolute Gasteiger partial charge is 0.379 e. The number of carbonyl (C=O) groups excluding carboxylic acids is 1. The first-order valence-electron chi connectivity index (χ1n) is 10.6. The summed E-state index contributed by atoms with van der Waals surface area (Å²) in [6.45, 7) is 6.74. The number of morpholine rings is 1. The molecule has 1 N–H and O–H groups in total. The number of nitrogens with one attached hydrogen (secondary N) is 1. The van der Waals surface area contributed by atoms with Gasteiger partial charge in [-0.2, -0.15) is 0 Å². The van der Waals surface area contributed by atoms with Crippen LogP contribution in [0.3, 0.4) is 0 Å². The number of likely N-dealkylation sites (tertiary alicyclic amines) is 1. The van der Waals surface area contributed by atoms with E-state index in [4.69, 9.17) is 4.74 Å². The zero-order valence-corrected chi connectivity index (χ0v) is 15.7. The van der Waals surface area contributed by atoms with Gasteiger partial charge in [0.2, 0.25) is 5.91 Å². The standard InChI is InChI=1S/C20H35N3O2/c24-19(22-9-5-18(6-10-22)21-16-17-3-4-17)15-20(7-1-2-8-20)23-11-13-25-14-12-23/h17-18,21H,1-16H2. The highest BCUT2D eigenvalue weighted by Crippen LogP contribution is 2.39. The van der Waals surface area contributed by atoms with Gasteiger partial charge in [-0.15, -0.1) is 0 Å². The minimum absolute atomic E-state index is 0.127. The van der Waals surface area contributed by atoms with Gasteiger partial charge in [-0.3, -0.25) is 9.69 Å². The van der Waals surface area contributed by atoms with Crippen LogP contribution in [-0.2, 0) is 9.53 Å². The van der Waals surface area contributed by atoms with E-state index in [1.54, 1.807) is 0 Å². The Morgan fingerprint density at radius 3 is 2.32 bits per heavy atom. The van der Waals surface area contributed by atoms with Crippen LogP contribution in [0.25, 0.3) is 0 Å². The Balaban J connectivity index is 1.28. The molecule has 4 fully saturated rings. The van der Waals surface area contributed by atoms with E-state index < -0.39 is 0 Å². The zero-order valence-electron chi connectivity index (χ0n) is 15.7. The molecule has 0 unspecified atom stereocenters. The molecule has 2 heterocycles. The van der Waals surface area contributed by atoms with E-state index in [0.29, 0.717) is 11.9 Å². The van der Waals surface area contributed by atoms with Crippen LogP contribution in [0, 0.1) is 5.92 Å². The minimum Gasteiger partial charge on any atom is -0.379 e. The van der Waals surface area contributed by atoms with Crippen molar-refractivity contribution in [2.24, 2.45) is 5.92 Å². The van der Waals surface area contributed by atoms with Crippen molar-refractivity contribution in [3.05, 3.63) is 0 Å². The molecule has 0 atom stereocenters. The normalized spacial score (nSPS) is 28.4. The van der Waals surface area contributed by atoms with E-state index in [1.807, 2.05) is 0 Å². The zero-order chi connectivity index (χ0) is 17.1. The summed E-state index contributed by atoms with van der Waals surface area (Å²) in [5.74, 6) is 1.34. The summed E-state index contributed by atoms with van der Waals surface area (Å²) in [6, 6.07) is 0.629. The summed E-state index contributed by atoms with van der Waals surface area (Å²) in [6.07, 6.45) is 10.7. The maximum atomic E-state index is 13.0. The number of hydrogen-bond donors (Lipinski definition) is 1. The SMILES string of the molecule is O=C(CC1(N2CCOCC2)CCCC1)N1CCC(NCC2CC2)CC1. The highest BCUT2D eigenvalue weighted by atomic mass is 16.5. The van der Waals surface area contributed by atoms with Crippen LogP contribution < -0.4 is 5.32 Å². The van der Waals surface area contributed by atoms with E-state index in [0.717, 1.165) is 64.6 Å². The third kappa shape index (κ3) is 4.37. The van der Waals surface area contributed by atoms with E-state index in [1.165, 1.54) is 45.1 Å². The van der Waals surface area contributed by atoms with Gasteiger partial charge in [0.05, 0.1) is 13.2 Å². The average molecular weight is 350 g/mol. The Bertz CT molecular complexity index is 446. The molecule has 142 valence electrons. The van der Waals surface area contributed by atoms with Crippen LogP contribution in [0.5, 0.6) is 0 Å². The maximum absolute atomic E-state index is 13.0. The van der Waals surface area contributed by atoms with Gasteiger partial charge in [0.15, 0.2) is 0 Å². The highest BCUT2D eigenvalue weighted by molar-refractivity contribution is 5.77. The van der Waals surface area contributed by atoms with Gasteiger partial charge in [-0.05, 0) is 51.0 Å². The Morgan fingerprint density at radius 1 is 1.00 bits per heavy atom. The lowest BCUT2D eigenvalue weighted by atomic mass is 9.89. The summed E-state index contributed by atoms with van der Waals surface area (Å²) in [7, 11) is 0. The fraction of sp³-hybridized carbons (Fsp3) is 0.950. The molecule has 0 aromatic heterocycles. The Labute approximate surface area is 152 Å². The fourth-order valence-electron chi connectivity index (χ4n) is 5.06. The number of carbonyl (C=O) groups is 1. The van der Waals surface area contributed by atoms with Crippen molar-refractivity contribution >= 4 is 5.91 Å². The van der Waals surface area contributed by atoms with E-state index >= 15 is 0 Å². The lowest BCUT2D eigenvalue weighted by Gasteiger charge is -2.44. The van der Waals surface area contributed by atoms with Crippen molar-refractivity contribution < 1.29 is 9.53 Å². The van der Waals surface area contributed by atoms with Crippen molar-refractivity contribution in [2.75, 3.05) is 45.9 Å². The molecule has 5 nitrogen and oxygen atoms in total. The van der Waals surface area contributed by atoms with Crippen molar-refractivity contribution in [1.82, 2.24) is 15.1 Å². The molecule has 1 amide bonds. The number of rotatable bonds is 6. The van der Waals surface area contributed by atoms with E-state index in [2.05, 4.69) is 15.1 Å². The molecule has 0 aromatic carbocycles. The Morgan fingerprint density at radius 2 is 1.68 bits per heavy atom. The summed E-state index contributed by atoms with van der Waals surface area (Å²) in [4.78, 5) is 17.8. The summed E-state index contributed by atoms with van der Waals surface area (Å²) in [5, 5.41) is 3.72. The van der Waals surface area contributed by atoms with Crippen LogP contribution in [0.15, 0.2) is 0 Å². The Hall–Kier alpha value is -0.650. The van der Waals surface area contributed by atoms with E-state index in [9.17, 15) is 4.79 Å². The third-order valence-corrected chi connectivity index (χ3v) is 6.94. The molecule has 2 saturated carbocycles. The lowest BCUT2D eigenvalue weighted by Crippen LogP contribution is -2.55. The summed E-state index contributed by atoms with van der Waals surface area (Å²) < 4.78 is 5.54. The summed E-state index contributed by atoms with van der Waals surface area (Å²) >= 11 is 0. The molecule has 4 aliphatic rings. The fourth-order valence-corrected chi connectivity index (χ4v) is 5.06. The van der Waals surface area contributed by atoms with Crippen LogP contribution in [-0.4, -0.2) is 73.2 Å². The molecular weight excluding hydrogens is 314 g/mol. The van der Waals surface area contributed by atoms with Crippen molar-refractivity contribution in [1.29, 1.82) is 0 Å². The monoisotopic (exact) mass is 349 g/mol. The van der Waals surface area contributed by atoms with Gasteiger partial charge >= 0.3 is 0 Å². The first kappa shape index (κ1) is 17.7. The van der Waals surface area contributed by atoms with Gasteiger partial charge in [-0.25, -0.2) is 0 Å². The second-order valence-electron chi connectivity index (χ2n) is 8.71. The van der Waals surface area contributed by atoms with Gasteiger partial charge in [-0.1, -0.05) is 12.8 Å². The van der Waals surface area contributed by atoms with Crippen molar-refractivity contribution in [3.8, 4) is 0 Å². The molecule has 25 heavy (non-hydrogen) atoms. The van der Waals surface area contributed by atoms with Crippen LogP contribution >= 0.6 is 0 Å². The molecule has 2 aliphatic heterocycles. The predicted molar refractivity (Wildman–Crippen MR) is 98.5 cm³/mol. The van der Waals surface area contributed by atoms with Crippen molar-refractivity contribution in [3.63, 3.8) is 0 Å². The van der Waals surface area contributed by atoms with Gasteiger partial charge in [0, 0.05) is 44.2 Å². The van der Waals surface area contributed by atoms with E-state index in [-0.39, 0.29) is 5.54 Å². The maximum Gasteiger partial charge on any atom is 0.224 e. The van der Waals surface area contributed by atoms with Gasteiger partial charge in [0.25, 0.3) is 0 Å². The Kier molecular flexibility index (Phi) is 5.63. The lowest BCUT2D eigenvalue weighted by molar-refractivity contribution is -0.136. The van der Waals surface area contributed by atoms with Crippen LogP contribution in [0.2, 0.25) is 0 Å². The first-order valence-corrected chi connectivity index (χ1v) is 10.6. The quantitative estimate of drug-likeness (QED) is 0.797. The molecular formula is C20H35N3O2. The number of nitrogens with zero attached hydrogens (tertiary/aromatic N) is 2. The first-order chi connectivity index (χ1) is 12.3. The molecule has 2 aliphatic carbocycles. The number of amides is 1. The molecule has 0 aromatic rings. The topological polar surface area (TPSA) is 44.8 Å². The molecule has 2 saturated heterocycles. The predicted octanol–water partition coefficient (Wildman–Crippen LogP) is 2.01. The smallest absolute Gasteiger partial charge is 0.224 e. The highest BCUT2D eigenvalue weighted by Gasteiger charge is 2.42. The minimum atomic E-state index is 0.127. The number of ether oxygens (including phenoxy) is 1. The molecule has 0 bridgehead atoms. The molecule has 4 rings (SSSR count). The second-order valence-corrected chi connectivity index (χ2v) is 8.71. The van der Waals surface area contributed by atoms with Crippen LogP contribution in [0.1, 0.15) is 57.8 Å². The third-order valence-electron chi connectivity index (χ3n) is 6.94. The molecule has 0 radical (unpaired) electrons. The van der Waals surface area contributed by atoms with Crippen molar-refractivity contribution in [2.45, 2.75) is 69.4 Å². The summed E-state index contributed by atoms with van der Waals surface area (Å²) in [5.41, 5.74) is 0.127. The van der Waals surface area contributed by atoms with Crippen LogP contribution in [0.4, 0.5) is 0 Å². The average Bonchev–Trinajstić information content (AvgIpc) is 3.38. The number of piperidine rings is 1. The molecule has 0 spiro atoms.